The second-order valence-electron chi connectivity index (χ2n) is 3.86. The van der Waals surface area contributed by atoms with Crippen molar-refractivity contribution in [2.75, 3.05) is 13.6 Å². The maximum Gasteiger partial charge on any atom is 0.303 e. The van der Waals surface area contributed by atoms with Crippen molar-refractivity contribution >= 4 is 17.6 Å². The molecule has 0 radical (unpaired) electrons. The van der Waals surface area contributed by atoms with Gasteiger partial charge in [-0.2, -0.15) is 0 Å². The fourth-order valence-electron chi connectivity index (χ4n) is 1.48. The smallest absolute Gasteiger partial charge is 0.303 e. The summed E-state index contributed by atoms with van der Waals surface area (Å²) in [4.78, 5) is 12.4. The molecule has 0 atom stereocenters. The van der Waals surface area contributed by atoms with Crippen LogP contribution in [0.15, 0.2) is 24.3 Å². The first-order valence-electron chi connectivity index (χ1n) is 5.22. The van der Waals surface area contributed by atoms with E-state index < -0.39 is 5.97 Å². The van der Waals surface area contributed by atoms with E-state index in [0.29, 0.717) is 6.42 Å². The van der Waals surface area contributed by atoms with Gasteiger partial charge in [-0.1, -0.05) is 23.7 Å². The van der Waals surface area contributed by atoms with Gasteiger partial charge in [0.25, 0.3) is 0 Å². The minimum atomic E-state index is -0.736. The molecule has 1 aromatic rings. The zero-order valence-corrected chi connectivity index (χ0v) is 10.1. The number of halogens is 1. The highest BCUT2D eigenvalue weighted by atomic mass is 35.5. The van der Waals surface area contributed by atoms with E-state index in [1.165, 1.54) is 5.56 Å². The summed E-state index contributed by atoms with van der Waals surface area (Å²) in [6.45, 7) is 1.60. The summed E-state index contributed by atoms with van der Waals surface area (Å²) >= 11 is 5.79. The van der Waals surface area contributed by atoms with E-state index in [0.717, 1.165) is 18.1 Å². The average Bonchev–Trinajstić information content (AvgIpc) is 2.21. The predicted molar refractivity (Wildman–Crippen MR) is 64.7 cm³/mol. The monoisotopic (exact) mass is 241 g/mol. The van der Waals surface area contributed by atoms with Gasteiger partial charge in [0.05, 0.1) is 0 Å². The van der Waals surface area contributed by atoms with E-state index in [4.69, 9.17) is 16.7 Å². The van der Waals surface area contributed by atoms with Gasteiger partial charge in [0.15, 0.2) is 0 Å². The number of aliphatic carboxylic acids is 1. The van der Waals surface area contributed by atoms with Crippen LogP contribution in [0.3, 0.4) is 0 Å². The molecule has 1 aromatic carbocycles. The number of benzene rings is 1. The lowest BCUT2D eigenvalue weighted by molar-refractivity contribution is -0.137. The van der Waals surface area contributed by atoms with Crippen LogP contribution < -0.4 is 0 Å². The molecule has 0 saturated heterocycles. The zero-order chi connectivity index (χ0) is 12.0. The number of nitrogens with zero attached hydrogens (tertiary/aromatic N) is 1. The maximum absolute atomic E-state index is 10.3. The first-order valence-corrected chi connectivity index (χ1v) is 5.60. The molecular formula is C12H16ClNO2. The van der Waals surface area contributed by atoms with E-state index in [9.17, 15) is 4.79 Å². The fourth-order valence-corrected chi connectivity index (χ4v) is 1.61. The van der Waals surface area contributed by atoms with Gasteiger partial charge in [-0.15, -0.1) is 0 Å². The SMILES string of the molecule is CN(CCCC(=O)O)Cc1ccc(Cl)cc1. The van der Waals surface area contributed by atoms with Gasteiger partial charge in [0.1, 0.15) is 0 Å². The molecule has 88 valence electrons. The Kier molecular flexibility index (Phi) is 5.29. The van der Waals surface area contributed by atoms with Gasteiger partial charge in [0, 0.05) is 18.0 Å². The van der Waals surface area contributed by atoms with Crippen molar-refractivity contribution in [3.8, 4) is 0 Å². The molecule has 3 nitrogen and oxygen atoms in total. The summed E-state index contributed by atoms with van der Waals surface area (Å²) in [6.07, 6.45) is 0.907. The van der Waals surface area contributed by atoms with Gasteiger partial charge < -0.3 is 10.0 Å². The molecule has 0 spiro atoms. The van der Waals surface area contributed by atoms with Crippen LogP contribution in [0.4, 0.5) is 0 Å². The van der Waals surface area contributed by atoms with Gasteiger partial charge in [-0.3, -0.25) is 4.79 Å². The molecule has 1 N–H and O–H groups in total. The molecule has 4 heteroatoms. The third kappa shape index (κ3) is 5.14. The molecule has 0 aliphatic rings. The number of hydrogen-bond acceptors (Lipinski definition) is 2. The summed E-state index contributed by atoms with van der Waals surface area (Å²) in [5.41, 5.74) is 1.18. The normalized spacial score (nSPS) is 10.7. The van der Waals surface area contributed by atoms with Crippen molar-refractivity contribution in [2.24, 2.45) is 0 Å². The van der Waals surface area contributed by atoms with Gasteiger partial charge in [-0.05, 0) is 37.7 Å². The molecule has 0 fully saturated rings. The van der Waals surface area contributed by atoms with E-state index in [1.54, 1.807) is 0 Å². The highest BCUT2D eigenvalue weighted by Crippen LogP contribution is 2.11. The Balaban J connectivity index is 2.31. The highest BCUT2D eigenvalue weighted by Gasteiger charge is 2.02. The quantitative estimate of drug-likeness (QED) is 0.833. The zero-order valence-electron chi connectivity index (χ0n) is 9.32. The summed E-state index contributed by atoms with van der Waals surface area (Å²) in [5, 5.41) is 9.25. The average molecular weight is 242 g/mol. The van der Waals surface area contributed by atoms with Crippen molar-refractivity contribution in [3.05, 3.63) is 34.9 Å². The van der Waals surface area contributed by atoms with Crippen LogP contribution in [-0.2, 0) is 11.3 Å². The van der Waals surface area contributed by atoms with Gasteiger partial charge in [-0.25, -0.2) is 0 Å². The maximum atomic E-state index is 10.3. The van der Waals surface area contributed by atoms with E-state index in [1.807, 2.05) is 31.3 Å². The third-order valence-electron chi connectivity index (χ3n) is 2.30. The summed E-state index contributed by atoms with van der Waals surface area (Å²) in [6, 6.07) is 7.69. The topological polar surface area (TPSA) is 40.5 Å². The van der Waals surface area contributed by atoms with Crippen molar-refractivity contribution in [2.45, 2.75) is 19.4 Å². The fraction of sp³-hybridized carbons (Fsp3) is 0.417. The molecule has 1 rings (SSSR count). The molecule has 0 amide bonds. The molecule has 0 aromatic heterocycles. The lowest BCUT2D eigenvalue weighted by Gasteiger charge is -2.15. The Morgan fingerprint density at radius 3 is 2.56 bits per heavy atom. The number of carbonyl (C=O) groups is 1. The Bertz CT molecular complexity index is 337. The van der Waals surface area contributed by atoms with Crippen LogP contribution >= 0.6 is 11.6 Å². The van der Waals surface area contributed by atoms with E-state index in [2.05, 4.69) is 4.90 Å². The molecule has 0 saturated carbocycles. The largest absolute Gasteiger partial charge is 0.481 e. The highest BCUT2D eigenvalue weighted by molar-refractivity contribution is 6.30. The van der Waals surface area contributed by atoms with Gasteiger partial charge in [0.2, 0.25) is 0 Å². The predicted octanol–water partition coefficient (Wildman–Crippen LogP) is 2.64. The number of rotatable bonds is 6. The Hall–Kier alpha value is -1.06. The lowest BCUT2D eigenvalue weighted by atomic mass is 10.2. The minimum Gasteiger partial charge on any atom is -0.481 e. The first kappa shape index (κ1) is 13.0. The van der Waals surface area contributed by atoms with Crippen molar-refractivity contribution in [1.29, 1.82) is 0 Å². The third-order valence-corrected chi connectivity index (χ3v) is 2.55. The first-order chi connectivity index (χ1) is 7.58. The number of hydrogen-bond donors (Lipinski definition) is 1. The molecule has 0 aliphatic carbocycles. The molecule has 0 aliphatic heterocycles. The Morgan fingerprint density at radius 1 is 1.38 bits per heavy atom. The van der Waals surface area contributed by atoms with Crippen LogP contribution in [-0.4, -0.2) is 29.6 Å². The van der Waals surface area contributed by atoms with Crippen molar-refractivity contribution in [3.63, 3.8) is 0 Å². The van der Waals surface area contributed by atoms with Gasteiger partial charge >= 0.3 is 5.97 Å². The van der Waals surface area contributed by atoms with E-state index >= 15 is 0 Å². The van der Waals surface area contributed by atoms with Crippen LogP contribution in [0.5, 0.6) is 0 Å². The standard InChI is InChI=1S/C12H16ClNO2/c1-14(8-2-3-12(15)16)9-10-4-6-11(13)7-5-10/h4-7H,2-3,8-9H2,1H3,(H,15,16). The minimum absolute atomic E-state index is 0.227. The summed E-state index contributed by atoms with van der Waals surface area (Å²) in [7, 11) is 1.98. The molecule has 0 heterocycles. The Labute approximate surface area is 101 Å². The second kappa shape index (κ2) is 6.51. The molecular weight excluding hydrogens is 226 g/mol. The number of carboxylic acid groups (broad SMARTS) is 1. The summed E-state index contributed by atoms with van der Waals surface area (Å²) < 4.78 is 0. The van der Waals surface area contributed by atoms with Crippen LogP contribution in [0.2, 0.25) is 5.02 Å². The molecule has 0 unspecified atom stereocenters. The van der Waals surface area contributed by atoms with Crippen LogP contribution in [0.1, 0.15) is 18.4 Å². The summed E-state index contributed by atoms with van der Waals surface area (Å²) in [5.74, 6) is -0.736. The van der Waals surface area contributed by atoms with E-state index in [-0.39, 0.29) is 6.42 Å². The van der Waals surface area contributed by atoms with Crippen molar-refractivity contribution in [1.82, 2.24) is 4.90 Å². The molecule has 16 heavy (non-hydrogen) atoms. The van der Waals surface area contributed by atoms with Crippen molar-refractivity contribution < 1.29 is 9.90 Å². The Morgan fingerprint density at radius 2 is 2.00 bits per heavy atom. The van der Waals surface area contributed by atoms with Crippen LogP contribution in [0.25, 0.3) is 0 Å². The molecule has 0 bridgehead atoms. The lowest BCUT2D eigenvalue weighted by Crippen LogP contribution is -2.19. The number of carboxylic acids is 1. The second-order valence-corrected chi connectivity index (χ2v) is 4.30. The van der Waals surface area contributed by atoms with Crippen LogP contribution in [0, 0.1) is 0 Å².